The minimum absolute atomic E-state index is 0.516. The number of carboxylic acid groups (broad SMARTS) is 1. The van der Waals surface area contributed by atoms with Crippen LogP contribution < -0.4 is 0 Å². The van der Waals surface area contributed by atoms with Crippen molar-refractivity contribution < 1.29 is 9.90 Å². The Morgan fingerprint density at radius 2 is 1.96 bits per heavy atom. The Morgan fingerprint density at radius 3 is 2.57 bits per heavy atom. The van der Waals surface area contributed by atoms with Crippen LogP contribution in [0.5, 0.6) is 0 Å². The summed E-state index contributed by atoms with van der Waals surface area (Å²) in [5, 5.41) is 9.82. The van der Waals surface area contributed by atoms with Gasteiger partial charge in [-0.05, 0) is 12.0 Å². The molecular formula is C18H21N3O2. The van der Waals surface area contributed by atoms with Gasteiger partial charge in [0.05, 0.1) is 0 Å². The number of benzene rings is 1. The number of carboxylic acids is 1. The maximum atomic E-state index is 12.0. The van der Waals surface area contributed by atoms with Gasteiger partial charge in [0, 0.05) is 44.0 Å². The van der Waals surface area contributed by atoms with E-state index < -0.39 is 11.4 Å². The Labute approximate surface area is 136 Å². The average Bonchev–Trinajstić information content (AvgIpc) is 3.02. The van der Waals surface area contributed by atoms with Crippen molar-refractivity contribution in [2.75, 3.05) is 13.1 Å². The summed E-state index contributed by atoms with van der Waals surface area (Å²) in [5.41, 5.74) is 1.09. The Balaban J connectivity index is 1.76. The van der Waals surface area contributed by atoms with E-state index in [0.717, 1.165) is 29.9 Å². The first-order chi connectivity index (χ1) is 11.1. The van der Waals surface area contributed by atoms with E-state index in [9.17, 15) is 9.90 Å². The van der Waals surface area contributed by atoms with E-state index in [1.165, 1.54) is 0 Å². The van der Waals surface area contributed by atoms with E-state index in [1.807, 2.05) is 49.6 Å². The predicted octanol–water partition coefficient (Wildman–Crippen LogP) is 2.27. The number of rotatable bonds is 5. The fraction of sp³-hybridized carbons (Fsp3) is 0.389. The molecule has 1 aliphatic heterocycles. The van der Waals surface area contributed by atoms with Crippen LogP contribution in [0.2, 0.25) is 0 Å². The van der Waals surface area contributed by atoms with E-state index >= 15 is 0 Å². The summed E-state index contributed by atoms with van der Waals surface area (Å²) in [4.78, 5) is 22.8. The summed E-state index contributed by atoms with van der Waals surface area (Å²) in [6.45, 7) is 3.99. The topological polar surface area (TPSA) is 66.3 Å². The van der Waals surface area contributed by atoms with Crippen molar-refractivity contribution in [3.8, 4) is 0 Å². The van der Waals surface area contributed by atoms with Gasteiger partial charge in [-0.25, -0.2) is 9.97 Å². The summed E-state index contributed by atoms with van der Waals surface area (Å²) >= 11 is 0. The van der Waals surface area contributed by atoms with Gasteiger partial charge in [-0.15, -0.1) is 0 Å². The second-order valence-corrected chi connectivity index (χ2v) is 6.08. The van der Waals surface area contributed by atoms with Crippen LogP contribution in [-0.2, 0) is 23.2 Å². The first-order valence-corrected chi connectivity index (χ1v) is 7.95. The van der Waals surface area contributed by atoms with Gasteiger partial charge in [-0.3, -0.25) is 9.69 Å². The number of aromatic nitrogens is 2. The molecule has 0 amide bonds. The van der Waals surface area contributed by atoms with Crippen molar-refractivity contribution in [3.63, 3.8) is 0 Å². The standard InChI is InChI=1S/C18H21N3O2/c1-2-16-19-10-14(11-20-16)12-21-9-8-18(13-21,17(22)23)15-6-4-3-5-7-15/h3-7,10-11H,2,8-9,12-13H2,1H3,(H,22,23)/t18-/m1/s1. The molecule has 1 aromatic heterocycles. The maximum absolute atomic E-state index is 12.0. The van der Waals surface area contributed by atoms with E-state index in [1.54, 1.807) is 0 Å². The molecule has 1 aromatic carbocycles. The zero-order valence-corrected chi connectivity index (χ0v) is 13.3. The first kappa shape index (κ1) is 15.6. The van der Waals surface area contributed by atoms with E-state index in [0.29, 0.717) is 19.5 Å². The lowest BCUT2D eigenvalue weighted by Crippen LogP contribution is -2.38. The number of hydrogen-bond donors (Lipinski definition) is 1. The third kappa shape index (κ3) is 3.10. The third-order valence-corrected chi connectivity index (χ3v) is 4.57. The number of aryl methyl sites for hydroxylation is 1. The van der Waals surface area contributed by atoms with E-state index in [4.69, 9.17) is 0 Å². The molecular weight excluding hydrogens is 290 g/mol. The van der Waals surface area contributed by atoms with Crippen molar-refractivity contribution >= 4 is 5.97 Å². The fourth-order valence-corrected chi connectivity index (χ4v) is 3.22. The molecule has 0 spiro atoms. The van der Waals surface area contributed by atoms with Gasteiger partial charge in [0.15, 0.2) is 0 Å². The number of likely N-dealkylation sites (tertiary alicyclic amines) is 1. The molecule has 1 atom stereocenters. The summed E-state index contributed by atoms with van der Waals surface area (Å²) in [6.07, 6.45) is 5.13. The number of carbonyl (C=O) groups is 1. The van der Waals surface area contributed by atoms with Gasteiger partial charge in [0.25, 0.3) is 0 Å². The fourth-order valence-electron chi connectivity index (χ4n) is 3.22. The molecule has 1 fully saturated rings. The second-order valence-electron chi connectivity index (χ2n) is 6.08. The van der Waals surface area contributed by atoms with Gasteiger partial charge < -0.3 is 5.11 Å². The Bertz CT molecular complexity index is 672. The van der Waals surface area contributed by atoms with Crippen molar-refractivity contribution in [3.05, 3.63) is 59.7 Å². The lowest BCUT2D eigenvalue weighted by atomic mass is 9.80. The average molecular weight is 311 g/mol. The van der Waals surface area contributed by atoms with Crippen LogP contribution in [-0.4, -0.2) is 39.0 Å². The van der Waals surface area contributed by atoms with Gasteiger partial charge >= 0.3 is 5.97 Å². The lowest BCUT2D eigenvalue weighted by molar-refractivity contribution is -0.143. The molecule has 2 aromatic rings. The van der Waals surface area contributed by atoms with Crippen LogP contribution in [0.15, 0.2) is 42.7 Å². The van der Waals surface area contributed by atoms with Crippen molar-refractivity contribution in [1.29, 1.82) is 0 Å². The van der Waals surface area contributed by atoms with Gasteiger partial charge in [0.1, 0.15) is 11.2 Å². The Kier molecular flexibility index (Phi) is 4.39. The third-order valence-electron chi connectivity index (χ3n) is 4.57. The zero-order valence-electron chi connectivity index (χ0n) is 13.3. The number of nitrogens with zero attached hydrogens (tertiary/aromatic N) is 3. The molecule has 1 saturated heterocycles. The molecule has 1 aliphatic rings. The Hall–Kier alpha value is -2.27. The molecule has 0 aliphatic carbocycles. The lowest BCUT2D eigenvalue weighted by Gasteiger charge is -2.25. The Morgan fingerprint density at radius 1 is 1.26 bits per heavy atom. The molecule has 0 bridgehead atoms. The highest BCUT2D eigenvalue weighted by atomic mass is 16.4. The minimum atomic E-state index is -0.814. The molecule has 5 nitrogen and oxygen atoms in total. The molecule has 120 valence electrons. The first-order valence-electron chi connectivity index (χ1n) is 7.95. The highest BCUT2D eigenvalue weighted by Gasteiger charge is 2.46. The SMILES string of the molecule is CCc1ncc(CN2CC[C@](C(=O)O)(c3ccccc3)C2)cn1. The van der Waals surface area contributed by atoms with Crippen LogP contribution >= 0.6 is 0 Å². The molecule has 0 radical (unpaired) electrons. The number of hydrogen-bond acceptors (Lipinski definition) is 4. The summed E-state index contributed by atoms with van der Waals surface area (Å²) in [7, 11) is 0. The molecule has 2 heterocycles. The molecule has 23 heavy (non-hydrogen) atoms. The second kappa shape index (κ2) is 6.46. The maximum Gasteiger partial charge on any atom is 0.315 e. The summed E-state index contributed by atoms with van der Waals surface area (Å²) < 4.78 is 0. The van der Waals surface area contributed by atoms with Crippen LogP contribution in [0, 0.1) is 0 Å². The molecule has 0 saturated carbocycles. The predicted molar refractivity (Wildman–Crippen MR) is 87.1 cm³/mol. The van der Waals surface area contributed by atoms with Crippen LogP contribution in [0.3, 0.4) is 0 Å². The van der Waals surface area contributed by atoms with E-state index in [2.05, 4.69) is 14.9 Å². The van der Waals surface area contributed by atoms with Gasteiger partial charge in [-0.1, -0.05) is 37.3 Å². The van der Waals surface area contributed by atoms with Crippen LogP contribution in [0.4, 0.5) is 0 Å². The monoisotopic (exact) mass is 311 g/mol. The van der Waals surface area contributed by atoms with E-state index in [-0.39, 0.29) is 0 Å². The minimum Gasteiger partial charge on any atom is -0.481 e. The summed E-state index contributed by atoms with van der Waals surface area (Å²) in [5.74, 6) is 0.0862. The molecule has 5 heteroatoms. The quantitative estimate of drug-likeness (QED) is 0.917. The summed E-state index contributed by atoms with van der Waals surface area (Å²) in [6, 6.07) is 9.55. The smallest absolute Gasteiger partial charge is 0.315 e. The highest BCUT2D eigenvalue weighted by molar-refractivity contribution is 5.82. The van der Waals surface area contributed by atoms with Crippen molar-refractivity contribution in [2.24, 2.45) is 0 Å². The molecule has 3 rings (SSSR count). The number of aliphatic carboxylic acids is 1. The largest absolute Gasteiger partial charge is 0.481 e. The molecule has 1 N–H and O–H groups in total. The molecule has 0 unspecified atom stereocenters. The normalized spacial score (nSPS) is 21.4. The van der Waals surface area contributed by atoms with Gasteiger partial charge in [0.2, 0.25) is 0 Å². The van der Waals surface area contributed by atoms with Crippen molar-refractivity contribution in [1.82, 2.24) is 14.9 Å². The zero-order chi connectivity index (χ0) is 16.3. The van der Waals surface area contributed by atoms with Crippen molar-refractivity contribution in [2.45, 2.75) is 31.7 Å². The highest BCUT2D eigenvalue weighted by Crippen LogP contribution is 2.35. The van der Waals surface area contributed by atoms with Crippen LogP contribution in [0.25, 0.3) is 0 Å². The van der Waals surface area contributed by atoms with Gasteiger partial charge in [-0.2, -0.15) is 0 Å². The van der Waals surface area contributed by atoms with Crippen LogP contribution in [0.1, 0.15) is 30.3 Å².